The van der Waals surface area contributed by atoms with Gasteiger partial charge in [-0.1, -0.05) is 12.1 Å². The predicted octanol–water partition coefficient (Wildman–Crippen LogP) is 4.98. The maximum Gasteiger partial charge on any atom is 0.0494 e. The Kier molecular flexibility index (Phi) is 3.53. The number of aryl methyl sites for hydroxylation is 1. The summed E-state index contributed by atoms with van der Waals surface area (Å²) in [6, 6.07) is 10.5. The average molecular weight is 333 g/mol. The molecule has 0 aliphatic carbocycles. The molecule has 2 nitrogen and oxygen atoms in total. The van der Waals surface area contributed by atoms with Gasteiger partial charge < -0.3 is 5.32 Å². The number of hydrogen-bond acceptors (Lipinski definition) is 3. The number of nitrogens with one attached hydrogen (secondary N) is 1. The Labute approximate surface area is 124 Å². The highest BCUT2D eigenvalue weighted by Crippen LogP contribution is 2.28. The Balaban J connectivity index is 1.85. The molecule has 96 valence electrons. The highest BCUT2D eigenvalue weighted by Gasteiger charge is 2.04. The number of pyridine rings is 1. The second kappa shape index (κ2) is 5.31. The normalized spacial score (nSPS) is 10.8. The van der Waals surface area contributed by atoms with E-state index in [1.165, 1.54) is 19.6 Å². The van der Waals surface area contributed by atoms with Crippen molar-refractivity contribution in [2.45, 2.75) is 13.5 Å². The van der Waals surface area contributed by atoms with Gasteiger partial charge in [0.2, 0.25) is 0 Å². The van der Waals surface area contributed by atoms with Crippen LogP contribution in [0.4, 0.5) is 5.69 Å². The molecule has 0 bridgehead atoms. The molecule has 0 atom stereocenters. The second-order valence-electron chi connectivity index (χ2n) is 4.37. The quantitative estimate of drug-likeness (QED) is 0.731. The van der Waals surface area contributed by atoms with Crippen LogP contribution in [0.2, 0.25) is 0 Å². The third-order valence-corrected chi connectivity index (χ3v) is 5.18. The topological polar surface area (TPSA) is 24.9 Å². The highest BCUT2D eigenvalue weighted by atomic mass is 79.9. The number of anilines is 1. The van der Waals surface area contributed by atoms with E-state index in [1.54, 1.807) is 0 Å². The van der Waals surface area contributed by atoms with Gasteiger partial charge in [0.05, 0.1) is 0 Å². The van der Waals surface area contributed by atoms with Crippen molar-refractivity contribution in [1.82, 2.24) is 4.98 Å². The fourth-order valence-corrected chi connectivity index (χ4v) is 3.61. The zero-order valence-electron chi connectivity index (χ0n) is 10.5. The molecule has 2 aromatic heterocycles. The molecule has 0 fully saturated rings. The van der Waals surface area contributed by atoms with Crippen LogP contribution in [0.3, 0.4) is 0 Å². The van der Waals surface area contributed by atoms with E-state index >= 15 is 0 Å². The van der Waals surface area contributed by atoms with Gasteiger partial charge in [-0.25, -0.2) is 0 Å². The molecule has 0 aliphatic heterocycles. The van der Waals surface area contributed by atoms with Crippen molar-refractivity contribution < 1.29 is 0 Å². The molecule has 2 heterocycles. The van der Waals surface area contributed by atoms with Gasteiger partial charge in [0.1, 0.15) is 0 Å². The Bertz CT molecular complexity index is 696. The lowest BCUT2D eigenvalue weighted by atomic mass is 10.1. The smallest absolute Gasteiger partial charge is 0.0494 e. The van der Waals surface area contributed by atoms with Gasteiger partial charge in [-0.05, 0) is 41.1 Å². The summed E-state index contributed by atoms with van der Waals surface area (Å²) in [5, 5.41) is 5.88. The number of hydrogen-bond donors (Lipinski definition) is 1. The SMILES string of the molecule is Cc1sc(CNc2cccc3cnccc23)cc1Br. The van der Waals surface area contributed by atoms with Crippen LogP contribution in [0, 0.1) is 6.92 Å². The van der Waals surface area contributed by atoms with Crippen molar-refractivity contribution in [1.29, 1.82) is 0 Å². The maximum absolute atomic E-state index is 4.16. The summed E-state index contributed by atoms with van der Waals surface area (Å²) in [4.78, 5) is 6.80. The molecule has 0 spiro atoms. The molecule has 4 heteroatoms. The maximum atomic E-state index is 4.16. The van der Waals surface area contributed by atoms with Crippen LogP contribution < -0.4 is 5.32 Å². The van der Waals surface area contributed by atoms with Crippen LogP contribution in [-0.2, 0) is 6.54 Å². The van der Waals surface area contributed by atoms with Crippen LogP contribution >= 0.6 is 27.3 Å². The molecule has 0 unspecified atom stereocenters. The Morgan fingerprint density at radius 3 is 3.00 bits per heavy atom. The van der Waals surface area contributed by atoms with E-state index in [4.69, 9.17) is 0 Å². The standard InChI is InChI=1S/C15H13BrN2S/c1-10-14(16)7-12(19-10)9-18-15-4-2-3-11-8-17-6-5-13(11)15/h2-8,18H,9H2,1H3. The summed E-state index contributed by atoms with van der Waals surface area (Å²) in [5.41, 5.74) is 1.15. The predicted molar refractivity (Wildman–Crippen MR) is 85.8 cm³/mol. The molecule has 0 radical (unpaired) electrons. The largest absolute Gasteiger partial charge is 0.380 e. The summed E-state index contributed by atoms with van der Waals surface area (Å²) < 4.78 is 1.19. The van der Waals surface area contributed by atoms with Crippen LogP contribution in [0.1, 0.15) is 9.75 Å². The summed E-state index contributed by atoms with van der Waals surface area (Å²) in [5.74, 6) is 0. The van der Waals surface area contributed by atoms with Gasteiger partial charge in [0.25, 0.3) is 0 Å². The van der Waals surface area contributed by atoms with Crippen LogP contribution in [0.5, 0.6) is 0 Å². The lowest BCUT2D eigenvalue weighted by Gasteiger charge is -2.08. The second-order valence-corrected chi connectivity index (χ2v) is 6.57. The van der Waals surface area contributed by atoms with Gasteiger partial charge >= 0.3 is 0 Å². The van der Waals surface area contributed by atoms with Gasteiger partial charge in [-0.2, -0.15) is 0 Å². The van der Waals surface area contributed by atoms with E-state index < -0.39 is 0 Å². The number of halogens is 1. The number of nitrogens with zero attached hydrogens (tertiary/aromatic N) is 1. The van der Waals surface area contributed by atoms with Crippen LogP contribution in [0.15, 0.2) is 47.2 Å². The molecule has 1 aromatic carbocycles. The van der Waals surface area contributed by atoms with Crippen molar-refractivity contribution in [3.8, 4) is 0 Å². The zero-order valence-corrected chi connectivity index (χ0v) is 12.9. The van der Waals surface area contributed by atoms with Gasteiger partial charge in [-0.15, -0.1) is 11.3 Å². The van der Waals surface area contributed by atoms with E-state index in [0.29, 0.717) is 0 Å². The Hall–Kier alpha value is -1.39. The molecular weight excluding hydrogens is 320 g/mol. The summed E-state index contributed by atoms with van der Waals surface area (Å²) in [7, 11) is 0. The van der Waals surface area contributed by atoms with Crippen molar-refractivity contribution in [2.75, 3.05) is 5.32 Å². The van der Waals surface area contributed by atoms with Crippen molar-refractivity contribution in [3.63, 3.8) is 0 Å². The first kappa shape index (κ1) is 12.6. The molecule has 1 N–H and O–H groups in total. The third-order valence-electron chi connectivity index (χ3n) is 3.04. The number of thiophene rings is 1. The summed E-state index contributed by atoms with van der Waals surface area (Å²) in [6.45, 7) is 2.97. The lowest BCUT2D eigenvalue weighted by molar-refractivity contribution is 1.20. The average Bonchev–Trinajstić information content (AvgIpc) is 2.75. The van der Waals surface area contributed by atoms with E-state index in [1.807, 2.05) is 29.8 Å². The van der Waals surface area contributed by atoms with Crippen molar-refractivity contribution in [3.05, 3.63) is 57.0 Å². The van der Waals surface area contributed by atoms with E-state index in [2.05, 4.69) is 57.4 Å². The molecule has 0 saturated heterocycles. The fourth-order valence-electron chi connectivity index (χ4n) is 2.06. The first-order chi connectivity index (χ1) is 9.24. The Morgan fingerprint density at radius 2 is 2.21 bits per heavy atom. The molecule has 19 heavy (non-hydrogen) atoms. The first-order valence-electron chi connectivity index (χ1n) is 6.05. The lowest BCUT2D eigenvalue weighted by Crippen LogP contribution is -1.97. The molecule has 3 aromatic rings. The minimum atomic E-state index is 0.846. The number of rotatable bonds is 3. The molecule has 0 aliphatic rings. The highest BCUT2D eigenvalue weighted by molar-refractivity contribution is 9.10. The third kappa shape index (κ3) is 2.65. The summed E-state index contributed by atoms with van der Waals surface area (Å²) in [6.07, 6.45) is 3.73. The number of fused-ring (bicyclic) bond motifs is 1. The fraction of sp³-hybridized carbons (Fsp3) is 0.133. The van der Waals surface area contributed by atoms with Gasteiger partial charge in [0.15, 0.2) is 0 Å². The molecular formula is C15H13BrN2S. The number of benzene rings is 1. The van der Waals surface area contributed by atoms with Crippen LogP contribution in [-0.4, -0.2) is 4.98 Å². The summed E-state index contributed by atoms with van der Waals surface area (Å²) >= 11 is 5.37. The first-order valence-corrected chi connectivity index (χ1v) is 7.66. The van der Waals surface area contributed by atoms with E-state index in [9.17, 15) is 0 Å². The van der Waals surface area contributed by atoms with Gasteiger partial charge in [-0.3, -0.25) is 4.98 Å². The molecule has 0 saturated carbocycles. The van der Waals surface area contributed by atoms with Crippen molar-refractivity contribution in [2.24, 2.45) is 0 Å². The number of aromatic nitrogens is 1. The van der Waals surface area contributed by atoms with Gasteiger partial charge in [0, 0.05) is 49.6 Å². The molecule has 0 amide bonds. The molecule has 3 rings (SSSR count). The van der Waals surface area contributed by atoms with Crippen LogP contribution in [0.25, 0.3) is 10.8 Å². The van der Waals surface area contributed by atoms with Crippen molar-refractivity contribution >= 4 is 43.7 Å². The minimum Gasteiger partial charge on any atom is -0.380 e. The zero-order chi connectivity index (χ0) is 13.2. The van der Waals surface area contributed by atoms with E-state index in [-0.39, 0.29) is 0 Å². The monoisotopic (exact) mass is 332 g/mol. The minimum absolute atomic E-state index is 0.846. The van der Waals surface area contributed by atoms with E-state index in [0.717, 1.165) is 17.6 Å². The Morgan fingerprint density at radius 1 is 1.32 bits per heavy atom.